The van der Waals surface area contributed by atoms with Crippen molar-refractivity contribution in [2.24, 2.45) is 0 Å². The molecule has 1 N–H and O–H groups in total. The van der Waals surface area contributed by atoms with Gasteiger partial charge in [0.1, 0.15) is 6.61 Å². The Kier molecular flexibility index (Phi) is 4.11. The highest BCUT2D eigenvalue weighted by molar-refractivity contribution is 5.68. The third-order valence-corrected chi connectivity index (χ3v) is 2.04. The maximum atomic E-state index is 10.2. The van der Waals surface area contributed by atoms with Gasteiger partial charge in [0.2, 0.25) is 0 Å². The van der Waals surface area contributed by atoms with Gasteiger partial charge in [0, 0.05) is 0 Å². The van der Waals surface area contributed by atoms with Gasteiger partial charge in [0.15, 0.2) is 0 Å². The quantitative estimate of drug-likeness (QED) is 0.665. The maximum absolute atomic E-state index is 10.2. The lowest BCUT2D eigenvalue weighted by molar-refractivity contribution is -0.149. The summed E-state index contributed by atoms with van der Waals surface area (Å²) in [6.45, 7) is 5.71. The predicted octanol–water partition coefficient (Wildman–Crippen LogP) is 1.67. The molecule has 0 rings (SSSR count). The van der Waals surface area contributed by atoms with Crippen LogP contribution in [0.5, 0.6) is 0 Å². The van der Waals surface area contributed by atoms with Gasteiger partial charge in [-0.1, -0.05) is 13.8 Å². The number of hydrogen-bond donors (Lipinski definition) is 1. The Morgan fingerprint density at radius 3 is 2.18 bits per heavy atom. The minimum atomic E-state index is -0.905. The van der Waals surface area contributed by atoms with Crippen LogP contribution in [0.15, 0.2) is 0 Å². The van der Waals surface area contributed by atoms with E-state index in [0.29, 0.717) is 0 Å². The van der Waals surface area contributed by atoms with Crippen LogP contribution in [0, 0.1) is 0 Å². The predicted molar refractivity (Wildman–Crippen MR) is 42.6 cm³/mol. The van der Waals surface area contributed by atoms with Crippen molar-refractivity contribution in [3.8, 4) is 0 Å². The largest absolute Gasteiger partial charge is 0.480 e. The van der Waals surface area contributed by atoms with Crippen LogP contribution in [0.4, 0.5) is 0 Å². The first-order valence-electron chi connectivity index (χ1n) is 3.90. The molecule has 0 bridgehead atoms. The number of rotatable bonds is 5. The van der Waals surface area contributed by atoms with E-state index in [9.17, 15) is 4.79 Å². The smallest absolute Gasteiger partial charge is 0.329 e. The summed E-state index contributed by atoms with van der Waals surface area (Å²) in [5.74, 6) is -0.905. The molecular formula is C8H16O3. The highest BCUT2D eigenvalue weighted by atomic mass is 16.5. The Morgan fingerprint density at radius 1 is 1.45 bits per heavy atom. The van der Waals surface area contributed by atoms with Crippen molar-refractivity contribution in [3.63, 3.8) is 0 Å². The summed E-state index contributed by atoms with van der Waals surface area (Å²) in [6.07, 6.45) is 1.69. The molecule has 0 aromatic carbocycles. The van der Waals surface area contributed by atoms with Gasteiger partial charge in [-0.3, -0.25) is 0 Å². The second-order valence-corrected chi connectivity index (χ2v) is 2.84. The fourth-order valence-electron chi connectivity index (χ4n) is 0.690. The molecule has 11 heavy (non-hydrogen) atoms. The average Bonchev–Trinajstić information content (AvgIpc) is 2.00. The Hall–Kier alpha value is -0.570. The summed E-state index contributed by atoms with van der Waals surface area (Å²) in [5.41, 5.74) is -0.265. The summed E-state index contributed by atoms with van der Waals surface area (Å²) < 4.78 is 5.19. The Labute approximate surface area is 67.4 Å². The highest BCUT2D eigenvalue weighted by Gasteiger charge is 2.20. The van der Waals surface area contributed by atoms with E-state index in [1.54, 1.807) is 0 Å². The van der Waals surface area contributed by atoms with Gasteiger partial charge in [-0.25, -0.2) is 4.79 Å². The van der Waals surface area contributed by atoms with E-state index in [1.807, 2.05) is 20.8 Å². The van der Waals surface area contributed by atoms with Crippen LogP contribution in [-0.2, 0) is 9.53 Å². The van der Waals surface area contributed by atoms with Crippen molar-refractivity contribution in [1.82, 2.24) is 0 Å². The van der Waals surface area contributed by atoms with Crippen molar-refractivity contribution in [1.29, 1.82) is 0 Å². The molecule has 0 saturated heterocycles. The van der Waals surface area contributed by atoms with Gasteiger partial charge in [-0.15, -0.1) is 0 Å². The van der Waals surface area contributed by atoms with Crippen molar-refractivity contribution in [3.05, 3.63) is 0 Å². The van der Waals surface area contributed by atoms with Crippen LogP contribution < -0.4 is 0 Å². The summed E-state index contributed by atoms with van der Waals surface area (Å²) in [5, 5.41) is 8.34. The standard InChI is InChI=1S/C8H16O3/c1-4-8(3,5-2)11-6-7(9)10/h4-6H2,1-3H3,(H,9,10). The van der Waals surface area contributed by atoms with Crippen molar-refractivity contribution >= 4 is 5.97 Å². The lowest BCUT2D eigenvalue weighted by Crippen LogP contribution is -2.29. The normalized spacial score (nSPS) is 11.5. The molecule has 0 amide bonds. The van der Waals surface area contributed by atoms with Crippen molar-refractivity contribution < 1.29 is 14.6 Å². The van der Waals surface area contributed by atoms with Crippen LogP contribution >= 0.6 is 0 Å². The van der Waals surface area contributed by atoms with Gasteiger partial charge in [0.05, 0.1) is 5.60 Å². The number of carbonyl (C=O) groups is 1. The molecule has 3 nitrogen and oxygen atoms in total. The molecule has 0 aliphatic rings. The van der Waals surface area contributed by atoms with Gasteiger partial charge >= 0.3 is 5.97 Å². The first kappa shape index (κ1) is 10.4. The number of carboxylic acid groups (broad SMARTS) is 1. The monoisotopic (exact) mass is 160 g/mol. The molecule has 0 unspecified atom stereocenters. The molecule has 0 radical (unpaired) electrons. The minimum Gasteiger partial charge on any atom is -0.480 e. The first-order chi connectivity index (χ1) is 5.04. The molecule has 0 aromatic heterocycles. The van der Waals surface area contributed by atoms with E-state index in [4.69, 9.17) is 9.84 Å². The van der Waals surface area contributed by atoms with E-state index in [0.717, 1.165) is 12.8 Å². The van der Waals surface area contributed by atoms with E-state index in [-0.39, 0.29) is 12.2 Å². The summed E-state index contributed by atoms with van der Waals surface area (Å²) in [6, 6.07) is 0. The van der Waals surface area contributed by atoms with E-state index in [1.165, 1.54) is 0 Å². The van der Waals surface area contributed by atoms with E-state index in [2.05, 4.69) is 0 Å². The first-order valence-corrected chi connectivity index (χ1v) is 3.90. The summed E-state index contributed by atoms with van der Waals surface area (Å²) in [4.78, 5) is 10.2. The molecule has 0 aliphatic carbocycles. The SMILES string of the molecule is CCC(C)(CC)OCC(=O)O. The Balaban J connectivity index is 3.78. The minimum absolute atomic E-state index is 0.196. The van der Waals surface area contributed by atoms with E-state index < -0.39 is 5.97 Å². The average molecular weight is 160 g/mol. The van der Waals surface area contributed by atoms with Gasteiger partial charge in [0.25, 0.3) is 0 Å². The molecule has 0 aromatic rings. The topological polar surface area (TPSA) is 46.5 Å². The number of aliphatic carboxylic acids is 1. The summed E-state index contributed by atoms with van der Waals surface area (Å²) >= 11 is 0. The van der Waals surface area contributed by atoms with Crippen molar-refractivity contribution in [2.75, 3.05) is 6.61 Å². The maximum Gasteiger partial charge on any atom is 0.329 e. The van der Waals surface area contributed by atoms with Crippen LogP contribution in [0.1, 0.15) is 33.6 Å². The molecule has 0 saturated carbocycles. The second kappa shape index (κ2) is 4.34. The van der Waals surface area contributed by atoms with E-state index >= 15 is 0 Å². The molecule has 3 heteroatoms. The zero-order valence-corrected chi connectivity index (χ0v) is 7.39. The Bertz CT molecular complexity index is 127. The van der Waals surface area contributed by atoms with Gasteiger partial charge in [-0.05, 0) is 19.8 Å². The highest BCUT2D eigenvalue weighted by Crippen LogP contribution is 2.18. The third-order valence-electron chi connectivity index (χ3n) is 2.04. The molecule has 0 atom stereocenters. The molecule has 66 valence electrons. The fourth-order valence-corrected chi connectivity index (χ4v) is 0.690. The lowest BCUT2D eigenvalue weighted by atomic mass is 10.0. The fraction of sp³-hybridized carbons (Fsp3) is 0.875. The molecular weight excluding hydrogens is 144 g/mol. The van der Waals surface area contributed by atoms with Gasteiger partial charge in [-0.2, -0.15) is 0 Å². The third kappa shape index (κ3) is 3.98. The summed E-state index contributed by atoms with van der Waals surface area (Å²) in [7, 11) is 0. The molecule has 0 aliphatic heterocycles. The Morgan fingerprint density at radius 2 is 1.91 bits per heavy atom. The molecule has 0 spiro atoms. The second-order valence-electron chi connectivity index (χ2n) is 2.84. The zero-order chi connectivity index (χ0) is 8.91. The number of ether oxygens (including phenoxy) is 1. The molecule has 0 fully saturated rings. The van der Waals surface area contributed by atoms with Crippen molar-refractivity contribution in [2.45, 2.75) is 39.2 Å². The lowest BCUT2D eigenvalue weighted by Gasteiger charge is -2.25. The zero-order valence-electron chi connectivity index (χ0n) is 7.39. The molecule has 0 heterocycles. The van der Waals surface area contributed by atoms with Crippen LogP contribution in [-0.4, -0.2) is 23.3 Å². The van der Waals surface area contributed by atoms with Crippen LogP contribution in [0.25, 0.3) is 0 Å². The number of carboxylic acids is 1. The van der Waals surface area contributed by atoms with Gasteiger partial charge < -0.3 is 9.84 Å². The van der Waals surface area contributed by atoms with Crippen LogP contribution in [0.3, 0.4) is 0 Å². The number of hydrogen-bond acceptors (Lipinski definition) is 2. The van der Waals surface area contributed by atoms with Crippen LogP contribution in [0.2, 0.25) is 0 Å².